The number of hydrogen-bond acceptors (Lipinski definition) is 9. The first-order valence-electron chi connectivity index (χ1n) is 15.6. The van der Waals surface area contributed by atoms with Crippen molar-refractivity contribution >= 4 is 22.8 Å². The maximum atomic E-state index is 9.22. The Hall–Kier alpha value is -5.66. The second-order valence-corrected chi connectivity index (χ2v) is 12.1. The molecule has 1 saturated carbocycles. The van der Waals surface area contributed by atoms with Gasteiger partial charge in [0.15, 0.2) is 11.5 Å². The second-order valence-electron chi connectivity index (χ2n) is 12.1. The Morgan fingerprint density at radius 3 is 2.43 bits per heavy atom. The van der Waals surface area contributed by atoms with Crippen LogP contribution in [0.15, 0.2) is 97.5 Å². The van der Waals surface area contributed by atoms with Crippen LogP contribution in [0.5, 0.6) is 0 Å². The average molecular weight is 605 g/mol. The minimum Gasteiger partial charge on any atom is -0.383 e. The number of piperidine rings is 1. The lowest BCUT2D eigenvalue weighted by atomic mass is 9.91. The molecule has 2 bridgehead atoms. The van der Waals surface area contributed by atoms with Crippen LogP contribution in [0, 0.1) is 23.2 Å². The molecule has 2 atom stereocenters. The number of nitrogen functional groups attached to an aromatic ring is 1. The van der Waals surface area contributed by atoms with Crippen LogP contribution in [0.4, 0.5) is 11.6 Å². The van der Waals surface area contributed by atoms with Crippen molar-refractivity contribution in [3.8, 4) is 34.4 Å². The van der Waals surface area contributed by atoms with E-state index in [2.05, 4.69) is 72.2 Å². The van der Waals surface area contributed by atoms with Crippen molar-refractivity contribution in [1.29, 1.82) is 5.26 Å². The van der Waals surface area contributed by atoms with Crippen LogP contribution in [-0.2, 0) is 6.54 Å². The zero-order chi connectivity index (χ0) is 31.0. The highest BCUT2D eigenvalue weighted by atomic mass is 15.2. The number of anilines is 2. The number of benzene rings is 2. The van der Waals surface area contributed by atoms with Crippen molar-refractivity contribution in [2.75, 3.05) is 24.1 Å². The van der Waals surface area contributed by atoms with E-state index in [1.54, 1.807) is 12.3 Å². The van der Waals surface area contributed by atoms with Crippen LogP contribution in [-0.4, -0.2) is 53.5 Å². The largest absolute Gasteiger partial charge is 0.383 e. The summed E-state index contributed by atoms with van der Waals surface area (Å²) < 4.78 is 2.08. The maximum absolute atomic E-state index is 9.22. The molecule has 2 fully saturated rings. The number of imidazole rings is 1. The standard InChI is InChI=1S/C36H32N10/c37-18-27-17-32(41-22-40-27)44-33-25-10-11-26(33)21-45(20-25)19-23-8-12-28(13-9-23)46-35(29-7-4-16-39-34(29)38)43-31-15-14-30(42-36(31)46)24-5-2-1-3-6-24/h1-9,12-17,22,25-26,33H,10-11,19-21H2,(H2,38,39)(H,40,41,44). The Bertz CT molecular complexity index is 2050. The minimum atomic E-state index is 0.362. The summed E-state index contributed by atoms with van der Waals surface area (Å²) >= 11 is 0. The molecule has 10 heteroatoms. The number of aromatic nitrogens is 6. The molecule has 8 rings (SSSR count). The molecule has 46 heavy (non-hydrogen) atoms. The van der Waals surface area contributed by atoms with E-state index in [9.17, 15) is 5.26 Å². The Morgan fingerprint density at radius 2 is 1.67 bits per heavy atom. The second kappa shape index (κ2) is 11.7. The molecular weight excluding hydrogens is 572 g/mol. The first kappa shape index (κ1) is 27.9. The first-order chi connectivity index (χ1) is 22.6. The third kappa shape index (κ3) is 5.21. The molecule has 3 N–H and O–H groups in total. The normalized spacial score (nSPS) is 19.2. The highest BCUT2D eigenvalue weighted by Crippen LogP contribution is 2.39. The van der Waals surface area contributed by atoms with E-state index in [0.29, 0.717) is 35.2 Å². The molecule has 2 aliphatic rings. The lowest BCUT2D eigenvalue weighted by Gasteiger charge is -2.38. The molecular formula is C36H32N10. The van der Waals surface area contributed by atoms with Crippen LogP contribution in [0.25, 0.3) is 39.5 Å². The number of nitrogens with one attached hydrogen (secondary N) is 1. The number of nitriles is 1. The molecule has 5 heterocycles. The van der Waals surface area contributed by atoms with E-state index < -0.39 is 0 Å². The average Bonchev–Trinajstić information content (AvgIpc) is 3.58. The fraction of sp³-hybridized carbons (Fsp3) is 0.222. The van der Waals surface area contributed by atoms with Crippen molar-refractivity contribution in [3.63, 3.8) is 0 Å². The predicted octanol–water partition coefficient (Wildman–Crippen LogP) is 5.72. The van der Waals surface area contributed by atoms with Gasteiger partial charge in [-0.25, -0.2) is 24.9 Å². The summed E-state index contributed by atoms with van der Waals surface area (Å²) in [5, 5.41) is 12.8. The summed E-state index contributed by atoms with van der Waals surface area (Å²) in [6.45, 7) is 2.93. The van der Waals surface area contributed by atoms with Gasteiger partial charge in [0.1, 0.15) is 35.2 Å². The van der Waals surface area contributed by atoms with Gasteiger partial charge in [-0.2, -0.15) is 5.26 Å². The number of rotatable bonds is 7. The molecule has 1 saturated heterocycles. The highest BCUT2D eigenvalue weighted by molar-refractivity contribution is 5.84. The van der Waals surface area contributed by atoms with E-state index in [4.69, 9.17) is 15.7 Å². The Morgan fingerprint density at radius 1 is 0.870 bits per heavy atom. The molecule has 1 aliphatic carbocycles. The fourth-order valence-electron chi connectivity index (χ4n) is 7.12. The Balaban J connectivity index is 1.06. The topological polar surface area (TPSA) is 134 Å². The van der Waals surface area contributed by atoms with Crippen molar-refractivity contribution in [1.82, 2.24) is 34.4 Å². The summed E-state index contributed by atoms with van der Waals surface area (Å²) in [6.07, 6.45) is 5.54. The highest BCUT2D eigenvalue weighted by Gasteiger charge is 2.42. The third-order valence-electron chi connectivity index (χ3n) is 9.26. The third-order valence-corrected chi connectivity index (χ3v) is 9.26. The van der Waals surface area contributed by atoms with Crippen LogP contribution in [0.3, 0.4) is 0 Å². The number of hydrogen-bond donors (Lipinski definition) is 2. The van der Waals surface area contributed by atoms with Crippen molar-refractivity contribution in [2.24, 2.45) is 11.8 Å². The first-order valence-corrected chi connectivity index (χ1v) is 15.6. The van der Waals surface area contributed by atoms with E-state index in [0.717, 1.165) is 59.1 Å². The zero-order valence-corrected chi connectivity index (χ0v) is 25.2. The zero-order valence-electron chi connectivity index (χ0n) is 25.2. The smallest absolute Gasteiger partial charge is 0.165 e. The molecule has 2 aromatic carbocycles. The van der Waals surface area contributed by atoms with E-state index >= 15 is 0 Å². The molecule has 1 aliphatic heterocycles. The van der Waals surface area contributed by atoms with Gasteiger partial charge in [0.05, 0.1) is 11.3 Å². The Kier molecular flexibility index (Phi) is 7.08. The van der Waals surface area contributed by atoms with Gasteiger partial charge in [-0.1, -0.05) is 42.5 Å². The lowest BCUT2D eigenvalue weighted by molar-refractivity contribution is 0.148. The molecule has 4 aromatic heterocycles. The molecule has 0 spiro atoms. The van der Waals surface area contributed by atoms with Gasteiger partial charge in [-0.15, -0.1) is 0 Å². The van der Waals surface area contributed by atoms with Crippen LogP contribution in [0.1, 0.15) is 24.1 Å². The molecule has 226 valence electrons. The predicted molar refractivity (Wildman–Crippen MR) is 178 cm³/mol. The van der Waals surface area contributed by atoms with Crippen molar-refractivity contribution in [2.45, 2.75) is 25.4 Å². The molecule has 0 amide bonds. The number of fused-ring (bicyclic) bond motifs is 3. The van der Waals surface area contributed by atoms with Crippen molar-refractivity contribution < 1.29 is 0 Å². The molecule has 2 unspecified atom stereocenters. The molecule has 6 aromatic rings. The minimum absolute atomic E-state index is 0.362. The van der Waals surface area contributed by atoms with Crippen molar-refractivity contribution in [3.05, 3.63) is 109 Å². The van der Waals surface area contributed by atoms with Gasteiger partial charge in [-0.3, -0.25) is 9.47 Å². The molecule has 0 radical (unpaired) electrons. The number of nitrogens with two attached hydrogens (primary N) is 1. The van der Waals surface area contributed by atoms with Crippen LogP contribution < -0.4 is 11.1 Å². The molecule has 10 nitrogen and oxygen atoms in total. The summed E-state index contributed by atoms with van der Waals surface area (Å²) in [7, 11) is 0. The number of likely N-dealkylation sites (tertiary alicyclic amines) is 1. The summed E-state index contributed by atoms with van der Waals surface area (Å²) in [4.78, 5) is 25.3. The van der Waals surface area contributed by atoms with Gasteiger partial charge >= 0.3 is 0 Å². The van der Waals surface area contributed by atoms with Gasteiger partial charge < -0.3 is 11.1 Å². The number of nitrogens with zero attached hydrogens (tertiary/aromatic N) is 8. The van der Waals surface area contributed by atoms with Crippen LogP contribution in [0.2, 0.25) is 0 Å². The quantitative estimate of drug-likeness (QED) is 0.235. The number of pyridine rings is 2. The lowest BCUT2D eigenvalue weighted by Crippen LogP contribution is -2.47. The summed E-state index contributed by atoms with van der Waals surface area (Å²) in [6, 6.07) is 30.9. The Labute approximate surface area is 266 Å². The maximum Gasteiger partial charge on any atom is 0.165 e. The van der Waals surface area contributed by atoms with E-state index in [-0.39, 0.29) is 0 Å². The van der Waals surface area contributed by atoms with E-state index in [1.165, 1.54) is 24.7 Å². The van der Waals surface area contributed by atoms with Crippen LogP contribution >= 0.6 is 0 Å². The van der Waals surface area contributed by atoms with E-state index in [1.807, 2.05) is 42.5 Å². The SMILES string of the molecule is N#Cc1cc(NC2C3CCC2CN(Cc2ccc(-n4c(-c5cccnc5N)nc5ccc(-c6ccccc6)nc54)cc2)C3)ncn1. The van der Waals surface area contributed by atoms with Gasteiger partial charge in [0, 0.05) is 49.2 Å². The summed E-state index contributed by atoms with van der Waals surface area (Å²) in [5.41, 5.74) is 13.2. The van der Waals surface area contributed by atoms with Gasteiger partial charge in [0.2, 0.25) is 0 Å². The fourth-order valence-corrected chi connectivity index (χ4v) is 7.12. The summed E-state index contributed by atoms with van der Waals surface area (Å²) in [5.74, 6) is 2.95. The van der Waals surface area contributed by atoms with Gasteiger partial charge in [0.25, 0.3) is 0 Å². The van der Waals surface area contributed by atoms with Gasteiger partial charge in [-0.05, 0) is 66.6 Å². The monoisotopic (exact) mass is 604 g/mol.